The summed E-state index contributed by atoms with van der Waals surface area (Å²) in [5.41, 5.74) is 2.96. The molecular weight excluding hydrogens is 482 g/mol. The number of ether oxygens (including phenoxy) is 4. The molecule has 10 heteroatoms. The van der Waals surface area contributed by atoms with Crippen LogP contribution >= 0.6 is 12.2 Å². The van der Waals surface area contributed by atoms with Crippen LogP contribution in [0.2, 0.25) is 0 Å². The molecule has 3 rings (SSSR count). The van der Waals surface area contributed by atoms with Crippen molar-refractivity contribution in [3.05, 3.63) is 64.9 Å². The van der Waals surface area contributed by atoms with E-state index in [0.29, 0.717) is 46.6 Å². The fourth-order valence-corrected chi connectivity index (χ4v) is 4.30. The number of rotatable bonds is 10. The maximum absolute atomic E-state index is 13.0. The molecule has 192 valence electrons. The maximum atomic E-state index is 13.0. The van der Waals surface area contributed by atoms with E-state index in [0.717, 1.165) is 11.3 Å². The molecule has 2 aromatic rings. The second kappa shape index (κ2) is 12.4. The lowest BCUT2D eigenvalue weighted by Gasteiger charge is -2.37. The van der Waals surface area contributed by atoms with Crippen LogP contribution in [0.1, 0.15) is 35.8 Å². The second-order valence-corrected chi connectivity index (χ2v) is 8.28. The number of carbonyl (C=O) groups is 2. The van der Waals surface area contributed by atoms with Gasteiger partial charge < -0.3 is 34.5 Å². The molecule has 0 aliphatic carbocycles. The molecule has 0 spiro atoms. The Hall–Kier alpha value is -3.63. The number of nitrogens with zero attached hydrogens (tertiary/aromatic N) is 1. The van der Waals surface area contributed by atoms with Crippen molar-refractivity contribution in [2.45, 2.75) is 19.9 Å². The van der Waals surface area contributed by atoms with Crippen molar-refractivity contribution in [2.24, 2.45) is 0 Å². The van der Waals surface area contributed by atoms with Gasteiger partial charge in [0, 0.05) is 31.1 Å². The first-order valence-corrected chi connectivity index (χ1v) is 11.8. The number of hydrogen-bond donors (Lipinski definition) is 2. The van der Waals surface area contributed by atoms with Crippen LogP contribution < -0.4 is 20.1 Å². The Labute approximate surface area is 216 Å². The van der Waals surface area contributed by atoms with Gasteiger partial charge in [-0.05, 0) is 55.9 Å². The maximum Gasteiger partial charge on any atom is 0.338 e. The van der Waals surface area contributed by atoms with E-state index in [2.05, 4.69) is 10.6 Å². The Morgan fingerprint density at radius 3 is 2.39 bits per heavy atom. The average molecular weight is 514 g/mol. The zero-order valence-corrected chi connectivity index (χ0v) is 21.9. The molecule has 1 unspecified atom stereocenters. The summed E-state index contributed by atoms with van der Waals surface area (Å²) in [5.74, 6) is 0.233. The van der Waals surface area contributed by atoms with E-state index >= 15 is 0 Å². The minimum atomic E-state index is -0.498. The summed E-state index contributed by atoms with van der Waals surface area (Å²) in [6, 6.07) is 11.7. The van der Waals surface area contributed by atoms with Crippen LogP contribution in [0.5, 0.6) is 11.5 Å². The quantitative estimate of drug-likeness (QED) is 0.280. The lowest BCUT2D eigenvalue weighted by Crippen LogP contribution is -2.47. The molecule has 1 amide bonds. The van der Waals surface area contributed by atoms with Gasteiger partial charge in [-0.3, -0.25) is 4.79 Å². The average Bonchev–Trinajstić information content (AvgIpc) is 2.88. The molecule has 2 aromatic carbocycles. The van der Waals surface area contributed by atoms with E-state index < -0.39 is 12.0 Å². The zero-order chi connectivity index (χ0) is 26.2. The van der Waals surface area contributed by atoms with E-state index in [1.165, 1.54) is 7.11 Å². The second-order valence-electron chi connectivity index (χ2n) is 7.90. The summed E-state index contributed by atoms with van der Waals surface area (Å²) in [4.78, 5) is 27.7. The van der Waals surface area contributed by atoms with Gasteiger partial charge in [0.1, 0.15) is 18.1 Å². The van der Waals surface area contributed by atoms with Crippen LogP contribution in [0, 0.1) is 0 Å². The molecule has 36 heavy (non-hydrogen) atoms. The van der Waals surface area contributed by atoms with Gasteiger partial charge in [-0.2, -0.15) is 0 Å². The Morgan fingerprint density at radius 2 is 1.78 bits per heavy atom. The third-order valence-electron chi connectivity index (χ3n) is 5.81. The molecule has 1 atom stereocenters. The monoisotopic (exact) mass is 513 g/mol. The van der Waals surface area contributed by atoms with Gasteiger partial charge in [0.05, 0.1) is 38.0 Å². The number of esters is 1. The van der Waals surface area contributed by atoms with Gasteiger partial charge in [-0.15, -0.1) is 0 Å². The van der Waals surface area contributed by atoms with Crippen molar-refractivity contribution in [2.75, 3.05) is 46.4 Å². The minimum absolute atomic E-state index is 0.148. The number of hydrogen-bond acceptors (Lipinski definition) is 7. The van der Waals surface area contributed by atoms with Crippen molar-refractivity contribution in [3.8, 4) is 11.5 Å². The first kappa shape index (κ1) is 27.0. The van der Waals surface area contributed by atoms with Gasteiger partial charge in [-0.1, -0.05) is 12.1 Å². The topological polar surface area (TPSA) is 98.4 Å². The molecule has 1 aliphatic rings. The number of benzene rings is 2. The highest BCUT2D eigenvalue weighted by Crippen LogP contribution is 2.32. The van der Waals surface area contributed by atoms with Gasteiger partial charge >= 0.3 is 5.97 Å². The number of allylic oxidation sites excluding steroid dienone is 1. The predicted octanol–water partition coefficient (Wildman–Crippen LogP) is 3.67. The number of methoxy groups -OCH3 is 3. The summed E-state index contributed by atoms with van der Waals surface area (Å²) in [5, 5.41) is 6.65. The Balaban J connectivity index is 1.84. The van der Waals surface area contributed by atoms with E-state index in [4.69, 9.17) is 31.2 Å². The molecule has 0 fully saturated rings. The summed E-state index contributed by atoms with van der Waals surface area (Å²) >= 11 is 5.54. The standard InChI is InChI=1S/C26H31N3O6S/c1-6-29-16(2)22(25(31)35-14-13-32-3)23(28-26(29)36)17-7-9-18(10-8-17)27-24(30)20-12-11-19(33-4)15-21(20)34-5/h7-12,15,23H,6,13-14H2,1-5H3,(H,27,30)(H,28,36). The summed E-state index contributed by atoms with van der Waals surface area (Å²) < 4.78 is 20.9. The lowest BCUT2D eigenvalue weighted by atomic mass is 9.95. The lowest BCUT2D eigenvalue weighted by molar-refractivity contribution is -0.140. The third-order valence-corrected chi connectivity index (χ3v) is 6.15. The van der Waals surface area contributed by atoms with E-state index in [1.807, 2.05) is 30.9 Å². The highest BCUT2D eigenvalue weighted by atomic mass is 32.1. The molecule has 0 saturated heterocycles. The molecule has 1 heterocycles. The highest BCUT2D eigenvalue weighted by Gasteiger charge is 2.34. The molecule has 0 saturated carbocycles. The molecule has 0 bridgehead atoms. The molecule has 1 aliphatic heterocycles. The van der Waals surface area contributed by atoms with Gasteiger partial charge in [0.25, 0.3) is 5.91 Å². The van der Waals surface area contributed by atoms with Crippen molar-refractivity contribution in [1.29, 1.82) is 0 Å². The van der Waals surface area contributed by atoms with Crippen molar-refractivity contribution >= 4 is 34.9 Å². The first-order valence-electron chi connectivity index (χ1n) is 11.4. The van der Waals surface area contributed by atoms with Crippen LogP contribution in [-0.4, -0.2) is 63.0 Å². The van der Waals surface area contributed by atoms with E-state index in [-0.39, 0.29) is 12.5 Å². The van der Waals surface area contributed by atoms with Crippen LogP contribution in [0.25, 0.3) is 0 Å². The number of anilines is 1. The van der Waals surface area contributed by atoms with Crippen LogP contribution in [-0.2, 0) is 14.3 Å². The molecule has 2 N–H and O–H groups in total. The molecule has 0 radical (unpaired) electrons. The summed E-state index contributed by atoms with van der Waals surface area (Å²) in [6.45, 7) is 4.88. The number of carbonyl (C=O) groups excluding carboxylic acids is 2. The predicted molar refractivity (Wildman–Crippen MR) is 140 cm³/mol. The zero-order valence-electron chi connectivity index (χ0n) is 21.0. The highest BCUT2D eigenvalue weighted by molar-refractivity contribution is 7.80. The Kier molecular flexibility index (Phi) is 9.26. The summed E-state index contributed by atoms with van der Waals surface area (Å²) in [7, 11) is 4.59. The third kappa shape index (κ3) is 5.95. The molecular formula is C26H31N3O6S. The fourth-order valence-electron chi connectivity index (χ4n) is 3.92. The molecule has 0 aromatic heterocycles. The smallest absolute Gasteiger partial charge is 0.338 e. The number of thiocarbonyl (C=S) groups is 1. The molecule has 9 nitrogen and oxygen atoms in total. The minimum Gasteiger partial charge on any atom is -0.497 e. The van der Waals surface area contributed by atoms with Crippen LogP contribution in [0.3, 0.4) is 0 Å². The largest absolute Gasteiger partial charge is 0.497 e. The number of nitrogens with one attached hydrogen (secondary N) is 2. The SMILES string of the molecule is CCN1C(=S)NC(c2ccc(NC(=O)c3ccc(OC)cc3OC)cc2)C(C(=O)OCCOC)=C1C. The summed E-state index contributed by atoms with van der Waals surface area (Å²) in [6.07, 6.45) is 0. The van der Waals surface area contributed by atoms with Gasteiger partial charge in [0.15, 0.2) is 5.11 Å². The van der Waals surface area contributed by atoms with Gasteiger partial charge in [-0.25, -0.2) is 4.79 Å². The fraction of sp³-hybridized carbons (Fsp3) is 0.346. The normalized spacial score (nSPS) is 15.3. The first-order chi connectivity index (χ1) is 17.3. The Bertz CT molecular complexity index is 1150. The Morgan fingerprint density at radius 1 is 1.06 bits per heavy atom. The van der Waals surface area contributed by atoms with Crippen molar-refractivity contribution in [3.63, 3.8) is 0 Å². The number of amides is 1. The van der Waals surface area contributed by atoms with E-state index in [1.54, 1.807) is 44.6 Å². The van der Waals surface area contributed by atoms with Crippen molar-refractivity contribution < 1.29 is 28.5 Å². The van der Waals surface area contributed by atoms with Crippen LogP contribution in [0.15, 0.2) is 53.7 Å². The van der Waals surface area contributed by atoms with Gasteiger partial charge in [0.2, 0.25) is 0 Å². The van der Waals surface area contributed by atoms with E-state index in [9.17, 15) is 9.59 Å². The van der Waals surface area contributed by atoms with Crippen LogP contribution in [0.4, 0.5) is 5.69 Å². The van der Waals surface area contributed by atoms with Crippen molar-refractivity contribution in [1.82, 2.24) is 10.2 Å².